The van der Waals surface area contributed by atoms with E-state index in [1.54, 1.807) is 17.5 Å². The Morgan fingerprint density at radius 3 is 2.67 bits per heavy atom. The number of fused-ring (bicyclic) bond motifs is 1. The van der Waals surface area contributed by atoms with E-state index in [9.17, 15) is 9.90 Å². The summed E-state index contributed by atoms with van der Waals surface area (Å²) in [6.45, 7) is 7.53. The number of rotatable bonds is 4. The van der Waals surface area contributed by atoms with E-state index in [4.69, 9.17) is 0 Å². The molecule has 0 aromatic carbocycles. The number of hydrogen-bond acceptors (Lipinski definition) is 4. The Kier molecular flexibility index (Phi) is 4.01. The molecule has 0 amide bonds. The largest absolute Gasteiger partial charge is 0.384 e. The van der Waals surface area contributed by atoms with Gasteiger partial charge in [0, 0.05) is 17.8 Å². The molecular weight excluding hydrogens is 304 g/mol. The number of pyridine rings is 1. The van der Waals surface area contributed by atoms with E-state index in [0.717, 1.165) is 11.1 Å². The molecule has 0 radical (unpaired) electrons. The van der Waals surface area contributed by atoms with Crippen molar-refractivity contribution in [2.75, 3.05) is 0 Å². The molecule has 126 valence electrons. The van der Waals surface area contributed by atoms with Crippen molar-refractivity contribution in [1.82, 2.24) is 19.4 Å². The van der Waals surface area contributed by atoms with E-state index in [-0.39, 0.29) is 11.6 Å². The van der Waals surface area contributed by atoms with Gasteiger partial charge in [-0.05, 0) is 51.5 Å². The Morgan fingerprint density at radius 1 is 1.25 bits per heavy atom. The Labute approximate surface area is 140 Å². The molecule has 0 spiro atoms. The lowest BCUT2D eigenvalue weighted by atomic mass is 9.99. The molecule has 3 aromatic rings. The monoisotopic (exact) mass is 326 g/mol. The molecule has 0 fully saturated rings. The van der Waals surface area contributed by atoms with Gasteiger partial charge in [-0.3, -0.25) is 4.79 Å². The molecule has 0 bridgehead atoms. The smallest absolute Gasteiger partial charge is 0.267 e. The molecule has 1 unspecified atom stereocenters. The van der Waals surface area contributed by atoms with Gasteiger partial charge in [-0.2, -0.15) is 10.2 Å². The number of nitrogens with zero attached hydrogens (tertiary/aromatic N) is 4. The summed E-state index contributed by atoms with van der Waals surface area (Å²) in [6.07, 6.45) is 2.41. The van der Waals surface area contributed by atoms with Crippen LogP contribution in [0.3, 0.4) is 0 Å². The third kappa shape index (κ3) is 2.73. The van der Waals surface area contributed by atoms with Gasteiger partial charge < -0.3 is 5.11 Å². The number of aliphatic hydroxyl groups is 1. The first-order valence-corrected chi connectivity index (χ1v) is 8.15. The van der Waals surface area contributed by atoms with Crippen LogP contribution in [0.15, 0.2) is 41.3 Å². The summed E-state index contributed by atoms with van der Waals surface area (Å²) in [5.41, 5.74) is 1.95. The molecule has 0 aliphatic rings. The predicted octanol–water partition coefficient (Wildman–Crippen LogP) is 2.76. The second kappa shape index (κ2) is 5.87. The highest BCUT2D eigenvalue weighted by Gasteiger charge is 2.25. The fourth-order valence-electron chi connectivity index (χ4n) is 2.62. The van der Waals surface area contributed by atoms with Gasteiger partial charge in [-0.25, -0.2) is 9.20 Å². The standard InChI is InChI=1S/C18H22N4O2/c1-5-18(4,24)16-11-15-13(7-6-10-21(15)20-16)14-8-9-17(23)22(19-14)12(2)3/h6-12,24H,5H2,1-4H3. The number of aromatic nitrogens is 4. The maximum Gasteiger partial charge on any atom is 0.267 e. The molecule has 3 aromatic heterocycles. The maximum absolute atomic E-state index is 11.9. The molecule has 24 heavy (non-hydrogen) atoms. The highest BCUT2D eigenvalue weighted by Crippen LogP contribution is 2.28. The van der Waals surface area contributed by atoms with Gasteiger partial charge in [0.25, 0.3) is 5.56 Å². The SMILES string of the molecule is CCC(C)(O)c1cc2c(-c3ccc(=O)n(C(C)C)n3)cccn2n1. The average Bonchev–Trinajstić information content (AvgIpc) is 3.00. The van der Waals surface area contributed by atoms with Crippen molar-refractivity contribution < 1.29 is 5.11 Å². The quantitative estimate of drug-likeness (QED) is 0.800. The third-order valence-corrected chi connectivity index (χ3v) is 4.33. The minimum absolute atomic E-state index is 0.0153. The van der Waals surface area contributed by atoms with Gasteiger partial charge in [-0.15, -0.1) is 0 Å². The first-order chi connectivity index (χ1) is 11.3. The molecule has 1 atom stereocenters. The van der Waals surface area contributed by atoms with Crippen molar-refractivity contribution in [3.05, 3.63) is 52.6 Å². The lowest BCUT2D eigenvalue weighted by molar-refractivity contribution is 0.0482. The molecular formula is C18H22N4O2. The lowest BCUT2D eigenvalue weighted by Gasteiger charge is -2.17. The van der Waals surface area contributed by atoms with Crippen LogP contribution in [-0.2, 0) is 5.60 Å². The Hall–Kier alpha value is -2.47. The second-order valence-corrected chi connectivity index (χ2v) is 6.50. The van der Waals surface area contributed by atoms with Crippen molar-refractivity contribution >= 4 is 5.52 Å². The highest BCUT2D eigenvalue weighted by atomic mass is 16.3. The van der Waals surface area contributed by atoms with Gasteiger partial charge in [0.05, 0.1) is 22.9 Å². The van der Waals surface area contributed by atoms with Crippen molar-refractivity contribution in [2.45, 2.75) is 45.8 Å². The van der Waals surface area contributed by atoms with E-state index in [1.165, 1.54) is 10.7 Å². The summed E-state index contributed by atoms with van der Waals surface area (Å²) in [5.74, 6) is 0. The molecule has 0 saturated carbocycles. The zero-order valence-electron chi connectivity index (χ0n) is 14.4. The summed E-state index contributed by atoms with van der Waals surface area (Å²) in [7, 11) is 0. The summed E-state index contributed by atoms with van der Waals surface area (Å²) in [5, 5.41) is 19.4. The second-order valence-electron chi connectivity index (χ2n) is 6.50. The lowest BCUT2D eigenvalue weighted by Crippen LogP contribution is -2.23. The third-order valence-electron chi connectivity index (χ3n) is 4.33. The van der Waals surface area contributed by atoms with Crippen molar-refractivity contribution in [3.63, 3.8) is 0 Å². The van der Waals surface area contributed by atoms with Crippen LogP contribution in [0.2, 0.25) is 0 Å². The summed E-state index contributed by atoms with van der Waals surface area (Å²) >= 11 is 0. The molecule has 1 N–H and O–H groups in total. The number of hydrogen-bond donors (Lipinski definition) is 1. The fraction of sp³-hybridized carbons (Fsp3) is 0.389. The van der Waals surface area contributed by atoms with Crippen LogP contribution in [-0.4, -0.2) is 24.5 Å². The van der Waals surface area contributed by atoms with E-state index < -0.39 is 5.60 Å². The normalized spacial score (nSPS) is 14.2. The molecule has 0 aliphatic heterocycles. The molecule has 6 nitrogen and oxygen atoms in total. The molecule has 0 saturated heterocycles. The Balaban J connectivity index is 2.20. The minimum atomic E-state index is -0.979. The van der Waals surface area contributed by atoms with Gasteiger partial charge in [0.2, 0.25) is 0 Å². The van der Waals surface area contributed by atoms with E-state index >= 15 is 0 Å². The molecule has 0 aliphatic carbocycles. The van der Waals surface area contributed by atoms with Crippen molar-refractivity contribution in [2.24, 2.45) is 0 Å². The van der Waals surface area contributed by atoms with Gasteiger partial charge in [0.15, 0.2) is 0 Å². The van der Waals surface area contributed by atoms with Crippen LogP contribution >= 0.6 is 0 Å². The Bertz CT molecular complexity index is 938. The van der Waals surface area contributed by atoms with Gasteiger partial charge in [0.1, 0.15) is 5.60 Å². The summed E-state index contributed by atoms with van der Waals surface area (Å²) in [6, 6.07) is 8.95. The van der Waals surface area contributed by atoms with Gasteiger partial charge >= 0.3 is 0 Å². The zero-order valence-corrected chi connectivity index (χ0v) is 14.4. The maximum atomic E-state index is 11.9. The van der Waals surface area contributed by atoms with Crippen LogP contribution in [0.5, 0.6) is 0 Å². The first kappa shape index (κ1) is 16.4. The molecule has 3 rings (SSSR count). The average molecular weight is 326 g/mol. The minimum Gasteiger partial charge on any atom is -0.384 e. The fourth-order valence-corrected chi connectivity index (χ4v) is 2.62. The van der Waals surface area contributed by atoms with Crippen LogP contribution in [0, 0.1) is 0 Å². The van der Waals surface area contributed by atoms with Crippen LogP contribution < -0.4 is 5.56 Å². The Morgan fingerprint density at radius 2 is 2.00 bits per heavy atom. The van der Waals surface area contributed by atoms with E-state index in [1.807, 2.05) is 45.2 Å². The topological polar surface area (TPSA) is 72.4 Å². The van der Waals surface area contributed by atoms with Crippen LogP contribution in [0.25, 0.3) is 16.8 Å². The van der Waals surface area contributed by atoms with Crippen LogP contribution in [0.4, 0.5) is 0 Å². The molecule has 6 heteroatoms. The molecule has 3 heterocycles. The highest BCUT2D eigenvalue weighted by molar-refractivity contribution is 5.78. The van der Waals surface area contributed by atoms with Gasteiger partial charge in [-0.1, -0.05) is 6.92 Å². The van der Waals surface area contributed by atoms with Crippen LogP contribution in [0.1, 0.15) is 45.9 Å². The summed E-state index contributed by atoms with van der Waals surface area (Å²) in [4.78, 5) is 11.9. The van der Waals surface area contributed by atoms with Crippen molar-refractivity contribution in [3.8, 4) is 11.3 Å². The predicted molar refractivity (Wildman–Crippen MR) is 92.9 cm³/mol. The van der Waals surface area contributed by atoms with Crippen molar-refractivity contribution in [1.29, 1.82) is 0 Å². The summed E-state index contributed by atoms with van der Waals surface area (Å²) < 4.78 is 3.21. The van der Waals surface area contributed by atoms with E-state index in [0.29, 0.717) is 17.8 Å². The first-order valence-electron chi connectivity index (χ1n) is 8.15. The van der Waals surface area contributed by atoms with E-state index in [2.05, 4.69) is 10.2 Å². The zero-order chi connectivity index (χ0) is 17.5.